The first-order chi connectivity index (χ1) is 9.99. The molecular weight excluding hydrogens is 280 g/mol. The number of thiophene rings is 1. The summed E-state index contributed by atoms with van der Waals surface area (Å²) in [5, 5.41) is 9.87. The number of rotatable bonds is 2. The lowest BCUT2D eigenvalue weighted by molar-refractivity contribution is 0.626. The maximum Gasteiger partial charge on any atom is 0.157 e. The Morgan fingerprint density at radius 1 is 1.33 bits per heavy atom. The number of nitrogens with one attached hydrogen (secondary N) is 1. The highest BCUT2D eigenvalue weighted by molar-refractivity contribution is 7.13. The fraction of sp³-hybridized carbons (Fsp3) is 0.250. The third-order valence-electron chi connectivity index (χ3n) is 2.92. The second-order valence-electron chi connectivity index (χ2n) is 5.79. The summed E-state index contributed by atoms with van der Waals surface area (Å²) in [7, 11) is 0. The third-order valence-corrected chi connectivity index (χ3v) is 3.84. The zero-order valence-electron chi connectivity index (χ0n) is 12.2. The minimum Gasteiger partial charge on any atom is -0.364 e. The number of nitrogens with zero attached hydrogens (tertiary/aromatic N) is 3. The van der Waals surface area contributed by atoms with Gasteiger partial charge in [0.25, 0.3) is 0 Å². The Bertz CT molecular complexity index is 830. The molecule has 0 bridgehead atoms. The molecule has 4 nitrogen and oxygen atoms in total. The van der Waals surface area contributed by atoms with Crippen LogP contribution in [0, 0.1) is 12.3 Å². The molecule has 3 heterocycles. The normalized spacial score (nSPS) is 11.5. The number of aromatic nitrogens is 3. The molecule has 106 valence electrons. The summed E-state index contributed by atoms with van der Waals surface area (Å²) in [6.45, 7) is 6.32. The van der Waals surface area contributed by atoms with E-state index in [1.807, 2.05) is 28.1 Å². The van der Waals surface area contributed by atoms with Crippen LogP contribution in [0.2, 0.25) is 0 Å². The van der Waals surface area contributed by atoms with E-state index in [2.05, 4.69) is 37.1 Å². The molecule has 0 spiro atoms. The first-order valence-corrected chi connectivity index (χ1v) is 7.54. The molecule has 3 aromatic heterocycles. The second kappa shape index (κ2) is 4.90. The van der Waals surface area contributed by atoms with E-state index >= 15 is 0 Å². The van der Waals surface area contributed by atoms with Gasteiger partial charge >= 0.3 is 0 Å². The lowest BCUT2D eigenvalue weighted by Crippen LogP contribution is -2.27. The first-order valence-electron chi connectivity index (χ1n) is 6.66. The largest absolute Gasteiger partial charge is 0.364 e. The Morgan fingerprint density at radius 2 is 2.14 bits per heavy atom. The van der Waals surface area contributed by atoms with Crippen molar-refractivity contribution >= 4 is 22.8 Å². The monoisotopic (exact) mass is 296 g/mol. The van der Waals surface area contributed by atoms with Crippen molar-refractivity contribution in [2.45, 2.75) is 26.3 Å². The Hall–Kier alpha value is -2.32. The van der Waals surface area contributed by atoms with Gasteiger partial charge in [-0.05, 0) is 44.4 Å². The summed E-state index contributed by atoms with van der Waals surface area (Å²) in [6, 6.07) is 5.76. The fourth-order valence-corrected chi connectivity index (χ4v) is 2.97. The average Bonchev–Trinajstić information content (AvgIpc) is 3.01. The van der Waals surface area contributed by atoms with Crippen molar-refractivity contribution in [3.8, 4) is 22.9 Å². The predicted molar refractivity (Wildman–Crippen MR) is 87.6 cm³/mol. The molecule has 5 heteroatoms. The van der Waals surface area contributed by atoms with E-state index in [1.54, 1.807) is 17.5 Å². The number of terminal acetylenes is 1. The lowest BCUT2D eigenvalue weighted by Gasteiger charge is -2.22. The summed E-state index contributed by atoms with van der Waals surface area (Å²) in [6.07, 6.45) is 7.34. The van der Waals surface area contributed by atoms with Gasteiger partial charge < -0.3 is 5.32 Å². The van der Waals surface area contributed by atoms with Crippen LogP contribution in [0.4, 0.5) is 5.82 Å². The average molecular weight is 296 g/mol. The maximum absolute atomic E-state index is 5.59. The molecule has 21 heavy (non-hydrogen) atoms. The number of anilines is 1. The van der Waals surface area contributed by atoms with Crippen molar-refractivity contribution in [1.29, 1.82) is 0 Å². The second-order valence-corrected chi connectivity index (χ2v) is 6.70. The van der Waals surface area contributed by atoms with Gasteiger partial charge in [-0.1, -0.05) is 5.92 Å². The van der Waals surface area contributed by atoms with Crippen LogP contribution in [-0.2, 0) is 0 Å². The molecule has 0 saturated heterocycles. The van der Waals surface area contributed by atoms with Crippen molar-refractivity contribution in [2.75, 3.05) is 5.32 Å². The molecule has 0 fully saturated rings. The molecule has 0 amide bonds. The van der Waals surface area contributed by atoms with E-state index in [0.717, 1.165) is 27.6 Å². The zero-order chi connectivity index (χ0) is 15.0. The Kier molecular flexibility index (Phi) is 3.19. The van der Waals surface area contributed by atoms with E-state index in [1.165, 1.54) is 0 Å². The van der Waals surface area contributed by atoms with Crippen LogP contribution < -0.4 is 5.32 Å². The highest BCUT2D eigenvalue weighted by Gasteiger charge is 2.21. The quantitative estimate of drug-likeness (QED) is 0.734. The SMILES string of the molecule is C#Cc1ccsc1-c1nc2cccnn2c1NC(C)(C)C. The molecule has 0 aliphatic carbocycles. The third kappa shape index (κ3) is 2.50. The van der Waals surface area contributed by atoms with Crippen LogP contribution in [-0.4, -0.2) is 20.1 Å². The predicted octanol–water partition coefficient (Wildman–Crippen LogP) is 3.65. The molecular formula is C16H16N4S. The van der Waals surface area contributed by atoms with Crippen molar-refractivity contribution in [2.24, 2.45) is 0 Å². The number of hydrogen-bond acceptors (Lipinski definition) is 4. The van der Waals surface area contributed by atoms with Gasteiger partial charge in [-0.15, -0.1) is 17.8 Å². The molecule has 0 unspecified atom stereocenters. The van der Waals surface area contributed by atoms with Crippen molar-refractivity contribution < 1.29 is 0 Å². The van der Waals surface area contributed by atoms with E-state index in [-0.39, 0.29) is 5.54 Å². The van der Waals surface area contributed by atoms with Crippen LogP contribution in [0.15, 0.2) is 29.8 Å². The zero-order valence-corrected chi connectivity index (χ0v) is 13.0. The van der Waals surface area contributed by atoms with E-state index < -0.39 is 0 Å². The Morgan fingerprint density at radius 3 is 2.86 bits per heavy atom. The summed E-state index contributed by atoms with van der Waals surface area (Å²) in [5.74, 6) is 3.59. The topological polar surface area (TPSA) is 42.2 Å². The molecule has 0 atom stereocenters. The van der Waals surface area contributed by atoms with Crippen LogP contribution in [0.3, 0.4) is 0 Å². The Balaban J connectivity index is 2.27. The highest BCUT2D eigenvalue weighted by Crippen LogP contribution is 2.35. The minimum absolute atomic E-state index is 0.101. The van der Waals surface area contributed by atoms with Crippen molar-refractivity contribution in [3.05, 3.63) is 35.3 Å². The standard InChI is InChI=1S/C16H16N4S/c1-5-11-8-10-21-14(11)13-15(19-16(2,3)4)20-12(18-13)7-6-9-17-20/h1,6-10,19H,2-4H3. The minimum atomic E-state index is -0.101. The molecule has 1 N–H and O–H groups in total. The molecule has 3 rings (SSSR count). The summed E-state index contributed by atoms with van der Waals surface area (Å²) in [5.41, 5.74) is 2.41. The number of fused-ring (bicyclic) bond motifs is 1. The number of imidazole rings is 1. The van der Waals surface area contributed by atoms with Gasteiger partial charge in [0.15, 0.2) is 11.5 Å². The molecule has 3 aromatic rings. The highest BCUT2D eigenvalue weighted by atomic mass is 32.1. The smallest absolute Gasteiger partial charge is 0.157 e. The van der Waals surface area contributed by atoms with E-state index in [0.29, 0.717) is 0 Å². The molecule has 0 aliphatic rings. The lowest BCUT2D eigenvalue weighted by atomic mass is 10.1. The van der Waals surface area contributed by atoms with Crippen molar-refractivity contribution in [3.63, 3.8) is 0 Å². The summed E-state index contributed by atoms with van der Waals surface area (Å²) in [4.78, 5) is 5.70. The van der Waals surface area contributed by atoms with Gasteiger partial charge in [0.1, 0.15) is 5.69 Å². The van der Waals surface area contributed by atoms with Gasteiger partial charge in [-0.25, -0.2) is 4.98 Å². The van der Waals surface area contributed by atoms with Gasteiger partial charge in [-0.2, -0.15) is 9.61 Å². The van der Waals surface area contributed by atoms with E-state index in [9.17, 15) is 0 Å². The van der Waals surface area contributed by atoms with Crippen molar-refractivity contribution in [1.82, 2.24) is 14.6 Å². The molecule has 0 radical (unpaired) electrons. The van der Waals surface area contributed by atoms with Gasteiger partial charge in [0.2, 0.25) is 0 Å². The molecule has 0 aliphatic heterocycles. The fourth-order valence-electron chi connectivity index (χ4n) is 2.12. The van der Waals surface area contributed by atoms with E-state index in [4.69, 9.17) is 11.4 Å². The van der Waals surface area contributed by atoms with Gasteiger partial charge in [0, 0.05) is 17.3 Å². The Labute approximate surface area is 127 Å². The molecule has 0 aromatic carbocycles. The summed E-state index contributed by atoms with van der Waals surface area (Å²) >= 11 is 1.60. The van der Waals surface area contributed by atoms with Crippen LogP contribution in [0.5, 0.6) is 0 Å². The molecule has 0 saturated carbocycles. The van der Waals surface area contributed by atoms with Crippen LogP contribution in [0.1, 0.15) is 26.3 Å². The van der Waals surface area contributed by atoms with Crippen LogP contribution >= 0.6 is 11.3 Å². The van der Waals surface area contributed by atoms with Gasteiger partial charge in [0.05, 0.1) is 4.88 Å². The number of hydrogen-bond donors (Lipinski definition) is 1. The van der Waals surface area contributed by atoms with Gasteiger partial charge in [-0.3, -0.25) is 0 Å². The first kappa shape index (κ1) is 13.7. The summed E-state index contributed by atoms with van der Waals surface area (Å²) < 4.78 is 1.82. The maximum atomic E-state index is 5.59. The van der Waals surface area contributed by atoms with Crippen LogP contribution in [0.25, 0.3) is 16.2 Å².